The summed E-state index contributed by atoms with van der Waals surface area (Å²) in [7, 11) is 0. The molecule has 0 amide bonds. The van der Waals surface area contributed by atoms with Crippen LogP contribution in [-0.4, -0.2) is 0 Å². The van der Waals surface area contributed by atoms with Crippen LogP contribution in [0.1, 0.15) is 82.3 Å². The van der Waals surface area contributed by atoms with Gasteiger partial charge in [-0.25, -0.2) is 0 Å². The van der Waals surface area contributed by atoms with Crippen LogP contribution in [0, 0.1) is 0 Å². The van der Waals surface area contributed by atoms with Gasteiger partial charge in [0.2, 0.25) is 0 Å². The molecule has 0 saturated heterocycles. The molecule has 49 heavy (non-hydrogen) atoms. The molecule has 0 atom stereocenters. The van der Waals surface area contributed by atoms with Crippen LogP contribution in [0.25, 0.3) is 33.4 Å². The van der Waals surface area contributed by atoms with E-state index in [9.17, 15) is 0 Å². The molecule has 11 rings (SSSR count). The molecule has 0 heterocycles. The maximum atomic E-state index is 2.71. The fraction of sp³-hybridized carbons (Fsp3) is 0.143. The zero-order chi connectivity index (χ0) is 32.5. The van der Waals surface area contributed by atoms with Gasteiger partial charge in [0.15, 0.2) is 0 Å². The van der Waals surface area contributed by atoms with Gasteiger partial charge in [0.05, 0.1) is 10.8 Å². The molecule has 2 spiro atoms. The third-order valence-corrected chi connectivity index (χ3v) is 13.1. The summed E-state index contributed by atoms with van der Waals surface area (Å²) in [6, 6.07) is 61.0. The summed E-state index contributed by atoms with van der Waals surface area (Å²) in [6.45, 7) is 4.79. The Morgan fingerprint density at radius 2 is 0.592 bits per heavy atom. The number of fused-ring (bicyclic) bond motifs is 19. The van der Waals surface area contributed by atoms with Crippen molar-refractivity contribution in [3.05, 3.63) is 213 Å². The monoisotopic (exact) mass is 624 g/mol. The number of benzene rings is 7. The Bertz CT molecular complexity index is 2450. The van der Waals surface area contributed by atoms with E-state index in [-0.39, 0.29) is 5.41 Å². The van der Waals surface area contributed by atoms with Crippen molar-refractivity contribution < 1.29 is 0 Å². The van der Waals surface area contributed by atoms with Gasteiger partial charge in [-0.15, -0.1) is 0 Å². The third-order valence-electron chi connectivity index (χ3n) is 13.1. The van der Waals surface area contributed by atoms with Crippen molar-refractivity contribution in [1.29, 1.82) is 0 Å². The van der Waals surface area contributed by atoms with E-state index in [1.807, 2.05) is 0 Å². The average molecular weight is 625 g/mol. The van der Waals surface area contributed by atoms with Crippen molar-refractivity contribution in [3.63, 3.8) is 0 Å². The smallest absolute Gasteiger partial charge is 0.0642 e. The minimum Gasteiger partial charge on any atom is -0.0642 e. The van der Waals surface area contributed by atoms with Gasteiger partial charge in [0.1, 0.15) is 0 Å². The van der Waals surface area contributed by atoms with Crippen LogP contribution in [0.2, 0.25) is 0 Å². The minimum absolute atomic E-state index is 0.0323. The molecule has 4 aliphatic carbocycles. The highest BCUT2D eigenvalue weighted by molar-refractivity contribution is 5.95. The van der Waals surface area contributed by atoms with Crippen molar-refractivity contribution in [2.24, 2.45) is 0 Å². The van der Waals surface area contributed by atoms with Crippen LogP contribution in [0.4, 0.5) is 0 Å². The van der Waals surface area contributed by atoms with Gasteiger partial charge >= 0.3 is 0 Å². The van der Waals surface area contributed by atoms with Crippen molar-refractivity contribution >= 4 is 0 Å². The van der Waals surface area contributed by atoms with Gasteiger partial charge in [0.25, 0.3) is 0 Å². The van der Waals surface area contributed by atoms with Crippen molar-refractivity contribution in [2.45, 2.75) is 42.9 Å². The van der Waals surface area contributed by atoms with Crippen molar-refractivity contribution in [2.75, 3.05) is 0 Å². The van der Waals surface area contributed by atoms with Crippen LogP contribution in [0.15, 0.2) is 158 Å². The van der Waals surface area contributed by atoms with E-state index in [4.69, 9.17) is 0 Å². The Balaban J connectivity index is 1.41. The van der Waals surface area contributed by atoms with Gasteiger partial charge < -0.3 is 0 Å². The Morgan fingerprint density at radius 1 is 0.286 bits per heavy atom. The highest BCUT2D eigenvalue weighted by Gasteiger charge is 2.60. The lowest BCUT2D eigenvalue weighted by Crippen LogP contribution is -2.44. The summed E-state index contributed by atoms with van der Waals surface area (Å²) in [4.78, 5) is 0. The first-order valence-electron chi connectivity index (χ1n) is 18.0. The van der Waals surface area contributed by atoms with Gasteiger partial charge in [-0.1, -0.05) is 166 Å². The van der Waals surface area contributed by atoms with Crippen LogP contribution >= 0.6 is 0 Å². The summed E-state index contributed by atoms with van der Waals surface area (Å²) in [5.41, 5.74) is 21.5. The molecular weight excluding hydrogens is 589 g/mol. The molecule has 0 unspecified atom stereocenters. The highest BCUT2D eigenvalue weighted by Crippen LogP contribution is 2.69. The molecule has 232 valence electrons. The van der Waals surface area contributed by atoms with E-state index in [0.717, 1.165) is 12.8 Å². The highest BCUT2D eigenvalue weighted by atomic mass is 14.6. The fourth-order valence-corrected chi connectivity index (χ4v) is 11.2. The second kappa shape index (κ2) is 9.36. The Morgan fingerprint density at radius 3 is 0.980 bits per heavy atom. The lowest BCUT2D eigenvalue weighted by atomic mass is 9.51. The summed E-state index contributed by atoms with van der Waals surface area (Å²) in [5.74, 6) is 0. The Hall–Kier alpha value is -5.46. The molecule has 0 fully saturated rings. The van der Waals surface area contributed by atoms with Gasteiger partial charge in [-0.3, -0.25) is 0 Å². The van der Waals surface area contributed by atoms with Crippen molar-refractivity contribution in [1.82, 2.24) is 0 Å². The number of hydrogen-bond acceptors (Lipinski definition) is 0. The lowest BCUT2D eigenvalue weighted by molar-refractivity contribution is 0.488. The van der Waals surface area contributed by atoms with Crippen molar-refractivity contribution in [3.8, 4) is 33.4 Å². The normalized spacial score (nSPS) is 16.6. The first-order valence-corrected chi connectivity index (χ1v) is 18.0. The summed E-state index contributed by atoms with van der Waals surface area (Å²) >= 11 is 0. The van der Waals surface area contributed by atoms with Crippen LogP contribution in [0.5, 0.6) is 0 Å². The second-order valence-corrected chi connectivity index (χ2v) is 14.5. The van der Waals surface area contributed by atoms with E-state index < -0.39 is 10.8 Å². The predicted octanol–water partition coefficient (Wildman–Crippen LogP) is 11.8. The van der Waals surface area contributed by atoms with Gasteiger partial charge in [0, 0.05) is 5.41 Å². The molecule has 0 N–H and O–H groups in total. The molecule has 0 heteroatoms. The van der Waals surface area contributed by atoms with E-state index >= 15 is 0 Å². The zero-order valence-corrected chi connectivity index (χ0v) is 27.9. The standard InChI is InChI=1S/C49H36/c1-3-47(4-2)37-22-10-5-21-35(37)36-29-45-46(30-44(36)47)49(40-25-13-8-19-33(40)34-20-9-14-26-41(34)49)43-28-16-15-27-42(43)48(45)38-23-11-6-17-31(38)32-18-7-12-24-39(32)48/h5-30H,3-4H2,1-2H3. The lowest BCUT2D eigenvalue weighted by Gasteiger charge is -2.49. The molecule has 0 saturated carbocycles. The average Bonchev–Trinajstić information content (AvgIpc) is 3.75. The Kier molecular flexibility index (Phi) is 5.25. The molecule has 0 bridgehead atoms. The predicted molar refractivity (Wildman–Crippen MR) is 201 cm³/mol. The fourth-order valence-electron chi connectivity index (χ4n) is 11.2. The largest absolute Gasteiger partial charge is 0.0720 e. The van der Waals surface area contributed by atoms with Crippen LogP contribution in [-0.2, 0) is 16.2 Å². The molecule has 4 aliphatic rings. The second-order valence-electron chi connectivity index (χ2n) is 14.5. The molecule has 0 nitrogen and oxygen atoms in total. The van der Waals surface area contributed by atoms with Crippen LogP contribution < -0.4 is 0 Å². The quantitative estimate of drug-likeness (QED) is 0.179. The van der Waals surface area contributed by atoms with Gasteiger partial charge in [-0.2, -0.15) is 0 Å². The molecular formula is C49H36. The maximum Gasteiger partial charge on any atom is 0.0720 e. The SMILES string of the molecule is CCC1(CC)c2ccccc2-c2cc3c(cc21)C1(c2ccccc2-c2ccccc21)c1ccccc1C31c2ccccc2-c2ccccc21. The molecule has 0 aliphatic heterocycles. The molecule has 7 aromatic carbocycles. The van der Waals surface area contributed by atoms with E-state index in [0.29, 0.717) is 0 Å². The molecule has 0 aromatic heterocycles. The van der Waals surface area contributed by atoms with E-state index in [1.165, 1.54) is 89.0 Å². The van der Waals surface area contributed by atoms with E-state index in [1.54, 1.807) is 0 Å². The Labute approximate surface area is 288 Å². The summed E-state index contributed by atoms with van der Waals surface area (Å²) < 4.78 is 0. The molecule has 7 aromatic rings. The van der Waals surface area contributed by atoms with Gasteiger partial charge in [-0.05, 0) is 108 Å². The summed E-state index contributed by atoms with van der Waals surface area (Å²) in [5, 5.41) is 0. The third kappa shape index (κ3) is 2.93. The van der Waals surface area contributed by atoms with E-state index in [2.05, 4.69) is 172 Å². The molecule has 0 radical (unpaired) electrons. The summed E-state index contributed by atoms with van der Waals surface area (Å²) in [6.07, 6.45) is 2.14. The first-order chi connectivity index (χ1) is 24.2. The maximum absolute atomic E-state index is 2.71. The first kappa shape index (κ1) is 27.5. The number of rotatable bonds is 2. The minimum atomic E-state index is -0.454. The topological polar surface area (TPSA) is 0 Å². The number of hydrogen-bond donors (Lipinski definition) is 0. The van der Waals surface area contributed by atoms with Crippen LogP contribution in [0.3, 0.4) is 0 Å². The zero-order valence-electron chi connectivity index (χ0n) is 27.9.